The zero-order valence-electron chi connectivity index (χ0n) is 30.6. The van der Waals surface area contributed by atoms with Crippen molar-refractivity contribution in [3.63, 3.8) is 0 Å². The van der Waals surface area contributed by atoms with Crippen LogP contribution < -0.4 is 33.7 Å². The fourth-order valence-corrected chi connectivity index (χ4v) is 6.37. The third-order valence-corrected chi connectivity index (χ3v) is 9.13. The van der Waals surface area contributed by atoms with Gasteiger partial charge in [-0.3, -0.25) is 9.59 Å². The van der Waals surface area contributed by atoms with Crippen LogP contribution in [-0.4, -0.2) is 84.5 Å². The Bertz CT molecular complexity index is 1620. The van der Waals surface area contributed by atoms with E-state index in [1.165, 1.54) is 21.3 Å². The van der Waals surface area contributed by atoms with Gasteiger partial charge in [0.1, 0.15) is 17.9 Å². The number of benzene rings is 3. The molecule has 0 aliphatic carbocycles. The van der Waals surface area contributed by atoms with E-state index in [4.69, 9.17) is 33.2 Å². The van der Waals surface area contributed by atoms with Gasteiger partial charge in [0.15, 0.2) is 29.6 Å². The number of piperidine rings is 1. The van der Waals surface area contributed by atoms with Crippen molar-refractivity contribution >= 4 is 17.8 Å². The molecular formula is C39H50N2O10. The summed E-state index contributed by atoms with van der Waals surface area (Å²) in [5.41, 5.74) is 2.37. The highest BCUT2D eigenvalue weighted by Crippen LogP contribution is 2.41. The van der Waals surface area contributed by atoms with Gasteiger partial charge in [0.2, 0.25) is 11.7 Å². The molecule has 1 saturated heterocycles. The maximum Gasteiger partial charge on any atom is 0.329 e. The van der Waals surface area contributed by atoms with Gasteiger partial charge in [-0.2, -0.15) is 0 Å². The van der Waals surface area contributed by atoms with Gasteiger partial charge in [0, 0.05) is 13.6 Å². The molecule has 0 bridgehead atoms. The molecule has 1 heterocycles. The normalized spacial score (nSPS) is 15.2. The van der Waals surface area contributed by atoms with E-state index in [9.17, 15) is 14.4 Å². The monoisotopic (exact) mass is 706 g/mol. The van der Waals surface area contributed by atoms with Crippen molar-refractivity contribution in [2.45, 2.75) is 63.5 Å². The Morgan fingerprint density at radius 1 is 0.824 bits per heavy atom. The van der Waals surface area contributed by atoms with Gasteiger partial charge in [-0.05, 0) is 91.6 Å². The Labute approximate surface area is 300 Å². The third-order valence-electron chi connectivity index (χ3n) is 9.13. The van der Waals surface area contributed by atoms with E-state index in [1.54, 1.807) is 56.5 Å². The van der Waals surface area contributed by atoms with Gasteiger partial charge in [0.25, 0.3) is 5.91 Å². The highest BCUT2D eigenvalue weighted by molar-refractivity contribution is 5.89. The second-order valence-corrected chi connectivity index (χ2v) is 12.2. The summed E-state index contributed by atoms with van der Waals surface area (Å²) >= 11 is 0. The minimum Gasteiger partial charge on any atom is -0.493 e. The van der Waals surface area contributed by atoms with Crippen LogP contribution in [0.2, 0.25) is 0 Å². The topological polar surface area (TPSA) is 131 Å². The average molecular weight is 707 g/mol. The number of ether oxygens (including phenoxy) is 7. The molecule has 1 aliphatic heterocycles. The molecule has 1 unspecified atom stereocenters. The van der Waals surface area contributed by atoms with Crippen LogP contribution in [0.1, 0.15) is 67.7 Å². The molecule has 2 amide bonds. The first-order valence-corrected chi connectivity index (χ1v) is 17.2. The van der Waals surface area contributed by atoms with E-state index >= 15 is 0 Å². The first kappa shape index (κ1) is 38.7. The number of esters is 1. The van der Waals surface area contributed by atoms with E-state index in [0.29, 0.717) is 77.9 Å². The number of likely N-dealkylation sites (N-methyl/N-ethyl adjacent to an activating group) is 1. The van der Waals surface area contributed by atoms with E-state index in [0.717, 1.165) is 18.4 Å². The molecule has 3 atom stereocenters. The predicted octanol–water partition coefficient (Wildman–Crippen LogP) is 5.65. The van der Waals surface area contributed by atoms with Gasteiger partial charge in [0.05, 0.1) is 41.5 Å². The van der Waals surface area contributed by atoms with Gasteiger partial charge in [-0.25, -0.2) is 4.79 Å². The SMILES string of the molecule is CC[C@H](C(=O)N1CCCC[C@H]1C(=O)OC(CCc1ccc(OC)c(OC)c1)c1cccc(OCC(=O)NC)c1)c1cc(OC)c(OC)c(OC)c1. The number of nitrogens with zero attached hydrogens (tertiary/aromatic N) is 1. The molecule has 12 heteroatoms. The molecular weight excluding hydrogens is 656 g/mol. The Hall–Kier alpha value is -5.13. The number of hydrogen-bond acceptors (Lipinski definition) is 10. The highest BCUT2D eigenvalue weighted by Gasteiger charge is 2.38. The van der Waals surface area contributed by atoms with Crippen LogP contribution in [-0.2, 0) is 25.5 Å². The number of hydrogen-bond donors (Lipinski definition) is 1. The largest absolute Gasteiger partial charge is 0.493 e. The van der Waals surface area contributed by atoms with Crippen LogP contribution in [0, 0.1) is 0 Å². The van der Waals surface area contributed by atoms with Crippen molar-refractivity contribution in [1.29, 1.82) is 0 Å². The van der Waals surface area contributed by atoms with Gasteiger partial charge in [-0.1, -0.05) is 25.1 Å². The van der Waals surface area contributed by atoms with Crippen LogP contribution in [0.4, 0.5) is 0 Å². The van der Waals surface area contributed by atoms with Crippen molar-refractivity contribution in [2.75, 3.05) is 55.7 Å². The lowest BCUT2D eigenvalue weighted by molar-refractivity contribution is -0.162. The number of nitrogens with one attached hydrogen (secondary N) is 1. The van der Waals surface area contributed by atoms with Crippen molar-refractivity contribution < 1.29 is 47.5 Å². The molecule has 4 rings (SSSR count). The Morgan fingerprint density at radius 2 is 1.53 bits per heavy atom. The number of carbonyl (C=O) groups excluding carboxylic acids is 3. The predicted molar refractivity (Wildman–Crippen MR) is 191 cm³/mol. The zero-order chi connectivity index (χ0) is 36.9. The summed E-state index contributed by atoms with van der Waals surface area (Å²) in [6.07, 6.45) is 2.83. The van der Waals surface area contributed by atoms with E-state index in [2.05, 4.69) is 5.32 Å². The molecule has 0 aromatic heterocycles. The summed E-state index contributed by atoms with van der Waals surface area (Å²) in [4.78, 5) is 42.0. The van der Waals surface area contributed by atoms with E-state index in [-0.39, 0.29) is 18.4 Å². The molecule has 3 aromatic rings. The molecule has 12 nitrogen and oxygen atoms in total. The summed E-state index contributed by atoms with van der Waals surface area (Å²) < 4.78 is 39.5. The van der Waals surface area contributed by atoms with Gasteiger partial charge in [-0.15, -0.1) is 0 Å². The lowest BCUT2D eigenvalue weighted by Crippen LogP contribution is -2.50. The molecule has 1 N–H and O–H groups in total. The van der Waals surface area contributed by atoms with Crippen molar-refractivity contribution in [3.8, 4) is 34.5 Å². The average Bonchev–Trinajstić information content (AvgIpc) is 3.17. The van der Waals surface area contributed by atoms with E-state index < -0.39 is 24.0 Å². The molecule has 1 fully saturated rings. The second kappa shape index (κ2) is 18.7. The maximum atomic E-state index is 14.3. The molecule has 0 radical (unpaired) electrons. The minimum absolute atomic E-state index is 0.153. The number of methoxy groups -OCH3 is 5. The second-order valence-electron chi connectivity index (χ2n) is 12.2. The van der Waals surface area contributed by atoms with Gasteiger partial charge < -0.3 is 43.4 Å². The summed E-state index contributed by atoms with van der Waals surface area (Å²) in [7, 11) is 9.30. The first-order chi connectivity index (χ1) is 24.7. The lowest BCUT2D eigenvalue weighted by Gasteiger charge is -2.37. The summed E-state index contributed by atoms with van der Waals surface area (Å²) in [5, 5.41) is 2.54. The van der Waals surface area contributed by atoms with Crippen molar-refractivity contribution in [1.82, 2.24) is 10.2 Å². The van der Waals surface area contributed by atoms with Gasteiger partial charge >= 0.3 is 5.97 Å². The Balaban J connectivity index is 1.62. The number of likely N-dealkylation sites (tertiary alicyclic amines) is 1. The minimum atomic E-state index is -0.765. The summed E-state index contributed by atoms with van der Waals surface area (Å²) in [5.74, 6) is 1.56. The van der Waals surface area contributed by atoms with E-state index in [1.807, 2.05) is 31.2 Å². The number of rotatable bonds is 17. The zero-order valence-corrected chi connectivity index (χ0v) is 30.6. The maximum absolute atomic E-state index is 14.3. The molecule has 3 aromatic carbocycles. The molecule has 0 saturated carbocycles. The molecule has 51 heavy (non-hydrogen) atoms. The van der Waals surface area contributed by atoms with Crippen LogP contribution in [0.3, 0.4) is 0 Å². The fourth-order valence-electron chi connectivity index (χ4n) is 6.37. The fraction of sp³-hybridized carbons (Fsp3) is 0.462. The summed E-state index contributed by atoms with van der Waals surface area (Å²) in [6.45, 7) is 2.21. The van der Waals surface area contributed by atoms with Crippen LogP contribution >= 0.6 is 0 Å². The van der Waals surface area contributed by atoms with Crippen LogP contribution in [0.5, 0.6) is 34.5 Å². The number of aryl methyl sites for hydroxylation is 1. The smallest absolute Gasteiger partial charge is 0.329 e. The quantitative estimate of drug-likeness (QED) is 0.176. The van der Waals surface area contributed by atoms with Crippen molar-refractivity contribution in [3.05, 3.63) is 71.3 Å². The Kier molecular flexibility index (Phi) is 14.2. The summed E-state index contributed by atoms with van der Waals surface area (Å²) in [6, 6.07) is 15.7. The first-order valence-electron chi connectivity index (χ1n) is 17.2. The molecule has 276 valence electrons. The Morgan fingerprint density at radius 3 is 2.16 bits per heavy atom. The van der Waals surface area contributed by atoms with Crippen LogP contribution in [0.15, 0.2) is 54.6 Å². The third kappa shape index (κ3) is 9.56. The highest BCUT2D eigenvalue weighted by atomic mass is 16.5. The molecule has 0 spiro atoms. The number of carbonyl (C=O) groups is 3. The van der Waals surface area contributed by atoms with Crippen molar-refractivity contribution in [2.24, 2.45) is 0 Å². The lowest BCUT2D eigenvalue weighted by atomic mass is 9.91. The van der Waals surface area contributed by atoms with Crippen LogP contribution in [0.25, 0.3) is 0 Å². The number of amides is 2. The molecule has 1 aliphatic rings. The standard InChI is InChI=1S/C39H50N2O10/c1-8-29(27-22-34(47-5)37(49-7)35(23-27)48-6)38(43)41-19-10-9-14-30(41)39(44)51-31(17-15-25-16-18-32(45-3)33(20-25)46-4)26-12-11-13-28(21-26)50-24-36(42)40-2/h11-13,16,18,20-23,29-31H,8-10,14-15,17,19,24H2,1-7H3,(H,40,42)/t29-,30-,31?/m0/s1.